The van der Waals surface area contributed by atoms with E-state index in [1.54, 1.807) is 6.07 Å². The largest absolute Gasteiger partial charge is 0.573 e. The van der Waals surface area contributed by atoms with Gasteiger partial charge in [0, 0.05) is 18.1 Å². The number of nitrogens with zero attached hydrogens (tertiary/aromatic N) is 1. The van der Waals surface area contributed by atoms with E-state index in [-0.39, 0.29) is 15.5 Å². The minimum absolute atomic E-state index is 0.0349. The average molecular weight is 495 g/mol. The van der Waals surface area contributed by atoms with Gasteiger partial charge in [-0.2, -0.15) is 0 Å². The third-order valence-electron chi connectivity index (χ3n) is 5.22. The van der Waals surface area contributed by atoms with Gasteiger partial charge in [-0.05, 0) is 69.2 Å². The van der Waals surface area contributed by atoms with Gasteiger partial charge in [0.1, 0.15) is 11.6 Å². The lowest BCUT2D eigenvalue weighted by molar-refractivity contribution is -0.274. The Kier molecular flexibility index (Phi) is 6.82. The van der Waals surface area contributed by atoms with E-state index in [0.717, 1.165) is 24.3 Å². The summed E-state index contributed by atoms with van der Waals surface area (Å²) in [7, 11) is -4.07. The molecule has 0 unspecified atom stereocenters. The second-order valence-electron chi connectivity index (χ2n) is 8.52. The number of rotatable bonds is 5. The molecule has 1 N–H and O–H groups in total. The van der Waals surface area contributed by atoms with Crippen LogP contribution in [-0.4, -0.2) is 37.8 Å². The number of likely N-dealkylation sites (tertiary alicyclic amines) is 1. The molecule has 1 fully saturated rings. The van der Waals surface area contributed by atoms with Crippen LogP contribution in [0.1, 0.15) is 38.8 Å². The first-order valence-corrected chi connectivity index (χ1v) is 11.6. The van der Waals surface area contributed by atoms with Crippen LogP contribution >= 0.6 is 11.6 Å². The summed E-state index contributed by atoms with van der Waals surface area (Å²) in [5.74, 6) is -1.13. The molecule has 2 aromatic rings. The van der Waals surface area contributed by atoms with Crippen LogP contribution in [0.5, 0.6) is 5.75 Å². The summed E-state index contributed by atoms with van der Waals surface area (Å²) in [6.45, 7) is 6.48. The Morgan fingerprint density at radius 2 is 1.72 bits per heavy atom. The van der Waals surface area contributed by atoms with E-state index in [0.29, 0.717) is 18.5 Å². The lowest BCUT2D eigenvalue weighted by Crippen LogP contribution is -2.45. The molecule has 1 heterocycles. The molecule has 1 aliphatic heterocycles. The molecule has 1 saturated heterocycles. The van der Waals surface area contributed by atoms with E-state index in [1.807, 2.05) is 20.8 Å². The smallest absolute Gasteiger partial charge is 0.406 e. The highest BCUT2D eigenvalue weighted by atomic mass is 35.5. The fourth-order valence-electron chi connectivity index (χ4n) is 3.86. The molecule has 1 aliphatic rings. The zero-order chi connectivity index (χ0) is 23.9. The summed E-state index contributed by atoms with van der Waals surface area (Å²) < 4.78 is 83.5. The van der Waals surface area contributed by atoms with Gasteiger partial charge < -0.3 is 4.74 Å². The zero-order valence-electron chi connectivity index (χ0n) is 17.6. The molecule has 5 nitrogen and oxygen atoms in total. The lowest BCUT2D eigenvalue weighted by atomic mass is 9.97. The first-order valence-electron chi connectivity index (χ1n) is 9.77. The molecule has 176 valence electrons. The van der Waals surface area contributed by atoms with Crippen LogP contribution in [0.25, 0.3) is 0 Å². The van der Waals surface area contributed by atoms with E-state index >= 15 is 0 Å². The highest BCUT2D eigenvalue weighted by molar-refractivity contribution is 7.89. The van der Waals surface area contributed by atoms with Crippen molar-refractivity contribution in [3.8, 4) is 5.75 Å². The Bertz CT molecular complexity index is 1070. The Morgan fingerprint density at radius 1 is 1.09 bits per heavy atom. The van der Waals surface area contributed by atoms with Crippen molar-refractivity contribution >= 4 is 21.6 Å². The van der Waals surface area contributed by atoms with Crippen molar-refractivity contribution in [1.29, 1.82) is 0 Å². The second kappa shape index (κ2) is 8.81. The number of benzene rings is 2. The summed E-state index contributed by atoms with van der Waals surface area (Å²) in [5.41, 5.74) is 0.235. The summed E-state index contributed by atoms with van der Waals surface area (Å²) in [6, 6.07) is 7.26. The number of hydrogen-bond donors (Lipinski definition) is 1. The Morgan fingerprint density at radius 3 is 2.25 bits per heavy atom. The normalized spacial score (nSPS) is 20.5. The van der Waals surface area contributed by atoms with Crippen molar-refractivity contribution in [3.63, 3.8) is 0 Å². The van der Waals surface area contributed by atoms with Crippen LogP contribution in [0, 0.1) is 5.82 Å². The number of halogens is 5. The van der Waals surface area contributed by atoms with Crippen molar-refractivity contribution in [3.05, 3.63) is 58.9 Å². The third kappa shape index (κ3) is 5.72. The minimum Gasteiger partial charge on any atom is -0.406 e. The van der Waals surface area contributed by atoms with Gasteiger partial charge in [0.2, 0.25) is 10.0 Å². The molecule has 2 atom stereocenters. The Hall–Kier alpha value is -1.88. The second-order valence-corrected chi connectivity index (χ2v) is 10.6. The molecule has 0 radical (unpaired) electrons. The standard InChI is InChI=1S/C21H23ClF4N2O3S/c1-20(2,3)28-11-10-18(19(28)13-4-9-16(22)17(23)12-13)27-32(29,30)15-7-5-14(6-8-15)31-21(24,25)26/h4-9,12,18-19,27H,10-11H2,1-3H3/t18-,19-/m1/s1. The molecule has 0 bridgehead atoms. The van der Waals surface area contributed by atoms with Gasteiger partial charge in [-0.1, -0.05) is 17.7 Å². The molecule has 11 heteroatoms. The van der Waals surface area contributed by atoms with Crippen molar-refractivity contribution in [1.82, 2.24) is 9.62 Å². The molecule has 2 aromatic carbocycles. The predicted molar refractivity (Wildman–Crippen MR) is 112 cm³/mol. The molecule has 0 aromatic heterocycles. The van der Waals surface area contributed by atoms with E-state index < -0.39 is 40.0 Å². The molecule has 0 aliphatic carbocycles. The molecular weight excluding hydrogens is 472 g/mol. The summed E-state index contributed by atoms with van der Waals surface area (Å²) in [6.07, 6.45) is -4.42. The highest BCUT2D eigenvalue weighted by Crippen LogP contribution is 2.39. The number of nitrogens with one attached hydrogen (secondary N) is 1. The van der Waals surface area contributed by atoms with Crippen molar-refractivity contribution in [2.24, 2.45) is 0 Å². The topological polar surface area (TPSA) is 58.6 Å². The summed E-state index contributed by atoms with van der Waals surface area (Å²) >= 11 is 5.81. The van der Waals surface area contributed by atoms with E-state index in [9.17, 15) is 26.0 Å². The molecule has 3 rings (SSSR count). The van der Waals surface area contributed by atoms with E-state index in [4.69, 9.17) is 11.6 Å². The lowest BCUT2D eigenvalue weighted by Gasteiger charge is -2.39. The van der Waals surface area contributed by atoms with E-state index in [2.05, 4.69) is 14.4 Å². The van der Waals surface area contributed by atoms with Crippen LogP contribution in [-0.2, 0) is 10.0 Å². The van der Waals surface area contributed by atoms with Gasteiger partial charge in [0.25, 0.3) is 0 Å². The molecule has 0 amide bonds. The molecule has 0 spiro atoms. The number of alkyl halides is 3. The van der Waals surface area contributed by atoms with Crippen LogP contribution < -0.4 is 9.46 Å². The fourth-order valence-corrected chi connectivity index (χ4v) is 5.26. The highest BCUT2D eigenvalue weighted by Gasteiger charge is 2.42. The van der Waals surface area contributed by atoms with Gasteiger partial charge in [0.15, 0.2) is 0 Å². The van der Waals surface area contributed by atoms with Gasteiger partial charge in [0.05, 0.1) is 16.0 Å². The average Bonchev–Trinajstić information content (AvgIpc) is 3.06. The monoisotopic (exact) mass is 494 g/mol. The number of ether oxygens (including phenoxy) is 1. The maximum atomic E-state index is 14.2. The van der Waals surface area contributed by atoms with E-state index in [1.165, 1.54) is 12.1 Å². The van der Waals surface area contributed by atoms with Gasteiger partial charge in [-0.15, -0.1) is 13.2 Å². The van der Waals surface area contributed by atoms with Crippen LogP contribution in [0.15, 0.2) is 47.4 Å². The van der Waals surface area contributed by atoms with Crippen molar-refractivity contribution in [2.45, 2.75) is 56.1 Å². The van der Waals surface area contributed by atoms with Crippen molar-refractivity contribution < 1.29 is 30.7 Å². The fraction of sp³-hybridized carbons (Fsp3) is 0.429. The summed E-state index contributed by atoms with van der Waals surface area (Å²) in [5, 5.41) is -0.0349. The maximum Gasteiger partial charge on any atom is 0.573 e. The first-order chi connectivity index (χ1) is 14.7. The molecule has 32 heavy (non-hydrogen) atoms. The maximum absolute atomic E-state index is 14.2. The van der Waals surface area contributed by atoms with Crippen LogP contribution in [0.4, 0.5) is 17.6 Å². The molecular formula is C21H23ClF4N2O3S. The molecule has 0 saturated carbocycles. The first kappa shape index (κ1) is 24.8. The zero-order valence-corrected chi connectivity index (χ0v) is 19.2. The predicted octanol–water partition coefficient (Wildman–Crippen LogP) is 5.27. The van der Waals surface area contributed by atoms with Gasteiger partial charge >= 0.3 is 6.36 Å². The van der Waals surface area contributed by atoms with Crippen molar-refractivity contribution in [2.75, 3.05) is 6.54 Å². The SMILES string of the molecule is CC(C)(C)N1CC[C@@H](NS(=O)(=O)c2ccc(OC(F)(F)F)cc2)[C@H]1c1ccc(Cl)c(F)c1. The number of sulfonamides is 1. The quantitative estimate of drug-likeness (QED) is 0.575. The Balaban J connectivity index is 1.89. The van der Waals surface area contributed by atoms with Crippen LogP contribution in [0.3, 0.4) is 0 Å². The van der Waals surface area contributed by atoms with Gasteiger partial charge in [-0.25, -0.2) is 17.5 Å². The van der Waals surface area contributed by atoms with Crippen LogP contribution in [0.2, 0.25) is 5.02 Å². The van der Waals surface area contributed by atoms with Gasteiger partial charge in [-0.3, -0.25) is 4.90 Å². The summed E-state index contributed by atoms with van der Waals surface area (Å²) in [4.78, 5) is 1.87. The number of hydrogen-bond acceptors (Lipinski definition) is 4. The Labute approximate surface area is 189 Å². The third-order valence-corrected chi connectivity index (χ3v) is 7.03. The minimum atomic E-state index is -4.88.